The van der Waals surface area contributed by atoms with Crippen LogP contribution in [0.3, 0.4) is 0 Å². The minimum Gasteiger partial charge on any atom is -0.490 e. The van der Waals surface area contributed by atoms with Crippen molar-refractivity contribution in [2.24, 2.45) is 5.92 Å². The maximum Gasteiger partial charge on any atom is 0.133 e. The Hall–Kier alpha value is -5.79. The van der Waals surface area contributed by atoms with Gasteiger partial charge >= 0.3 is 0 Å². The lowest BCUT2D eigenvalue weighted by atomic mass is 9.65. The second kappa shape index (κ2) is 11.9. The van der Waals surface area contributed by atoms with Crippen molar-refractivity contribution in [3.8, 4) is 11.1 Å². The molecule has 1 N–H and O–H groups in total. The summed E-state index contributed by atoms with van der Waals surface area (Å²) in [5.41, 5.74) is 6.05. The van der Waals surface area contributed by atoms with Crippen LogP contribution in [-0.4, -0.2) is 10.5 Å². The van der Waals surface area contributed by atoms with Crippen LogP contribution in [-0.2, 0) is 10.2 Å². The van der Waals surface area contributed by atoms with Crippen LogP contribution in [0.2, 0.25) is 0 Å². The van der Waals surface area contributed by atoms with Crippen molar-refractivity contribution in [3.05, 3.63) is 204 Å². The molecule has 54 heavy (non-hydrogen) atoms. The molecule has 2 atom stereocenters. The van der Waals surface area contributed by atoms with E-state index >= 15 is 0 Å². The molecule has 2 nitrogen and oxygen atoms in total. The van der Waals surface area contributed by atoms with Crippen LogP contribution in [0.5, 0.6) is 0 Å². The second-order valence-electron chi connectivity index (χ2n) is 15.0. The van der Waals surface area contributed by atoms with Gasteiger partial charge in [-0.05, 0) is 102 Å². The summed E-state index contributed by atoms with van der Waals surface area (Å²) in [6.07, 6.45) is 3.41. The molecule has 1 aliphatic heterocycles. The molecule has 12 rings (SSSR count). The molecule has 0 radical (unpaired) electrons. The predicted octanol–water partition coefficient (Wildman–Crippen LogP) is 11.8. The smallest absolute Gasteiger partial charge is 0.133 e. The lowest BCUT2D eigenvalue weighted by Crippen LogP contribution is -2.44. The van der Waals surface area contributed by atoms with E-state index in [1.54, 1.807) is 0 Å². The van der Waals surface area contributed by atoms with E-state index in [0.717, 1.165) is 22.8 Å². The number of hydrogen-bond acceptors (Lipinski definition) is 2. The normalized spacial score (nSPS) is 18.9. The summed E-state index contributed by atoms with van der Waals surface area (Å²) >= 11 is 0. The molecule has 1 saturated carbocycles. The Labute approximate surface area is 316 Å². The highest BCUT2D eigenvalue weighted by Gasteiger charge is 2.74. The van der Waals surface area contributed by atoms with E-state index in [1.165, 1.54) is 70.9 Å². The van der Waals surface area contributed by atoms with E-state index in [1.807, 2.05) is 60.7 Å². The van der Waals surface area contributed by atoms with E-state index in [-0.39, 0.29) is 5.60 Å². The minimum absolute atomic E-state index is 0.309. The lowest BCUT2D eigenvalue weighted by molar-refractivity contribution is 0.0604. The SMILES string of the molecule is CC1=CC2CC2(C2(c3cc4cccc5c6cccc7cccc(c(c3)c45)c76)c3ccccc3-c3ccccc32)O1.OP(c1ccccc1)c1ccccc1. The van der Waals surface area contributed by atoms with E-state index in [0.29, 0.717) is 5.92 Å². The van der Waals surface area contributed by atoms with Crippen LogP contribution in [0.4, 0.5) is 0 Å². The van der Waals surface area contributed by atoms with Gasteiger partial charge in [0.15, 0.2) is 0 Å². The average Bonchev–Trinajstić information content (AvgIpc) is 3.66. The van der Waals surface area contributed by atoms with E-state index in [2.05, 4.69) is 128 Å². The fourth-order valence-corrected chi connectivity index (χ4v) is 11.3. The first-order valence-corrected chi connectivity index (χ1v) is 20.1. The lowest BCUT2D eigenvalue weighted by Gasteiger charge is -2.41. The Balaban J connectivity index is 0.000000207. The molecule has 1 fully saturated rings. The van der Waals surface area contributed by atoms with Crippen molar-refractivity contribution in [1.82, 2.24) is 0 Å². The van der Waals surface area contributed by atoms with Crippen LogP contribution < -0.4 is 10.6 Å². The molecule has 3 heteroatoms. The number of hydrogen-bond donors (Lipinski definition) is 1. The molecule has 0 amide bonds. The zero-order chi connectivity index (χ0) is 36.0. The summed E-state index contributed by atoms with van der Waals surface area (Å²) < 4.78 is 6.98. The maximum absolute atomic E-state index is 10.1. The quantitative estimate of drug-likeness (QED) is 0.112. The summed E-state index contributed by atoms with van der Waals surface area (Å²) in [5, 5.41) is 12.7. The second-order valence-corrected chi connectivity index (χ2v) is 16.7. The largest absolute Gasteiger partial charge is 0.490 e. The summed E-state index contributed by atoms with van der Waals surface area (Å²) in [6, 6.07) is 63.0. The predicted molar refractivity (Wildman–Crippen MR) is 226 cm³/mol. The molecule has 2 unspecified atom stereocenters. The Morgan fingerprint density at radius 3 is 1.59 bits per heavy atom. The van der Waals surface area contributed by atoms with Crippen LogP contribution in [0.15, 0.2) is 188 Å². The van der Waals surface area contributed by atoms with Crippen LogP contribution in [0.25, 0.3) is 54.2 Å². The van der Waals surface area contributed by atoms with E-state index < -0.39 is 13.6 Å². The van der Waals surface area contributed by atoms with Gasteiger partial charge in [-0.15, -0.1) is 0 Å². The Bertz CT molecular complexity index is 2840. The molecule has 2 aliphatic carbocycles. The molecule has 0 bridgehead atoms. The minimum atomic E-state index is -1.17. The number of benzene rings is 9. The third kappa shape index (κ3) is 4.36. The summed E-state index contributed by atoms with van der Waals surface area (Å²) in [4.78, 5) is 10.1. The highest BCUT2D eigenvalue weighted by Crippen LogP contribution is 2.71. The summed E-state index contributed by atoms with van der Waals surface area (Å²) in [6.45, 7) is 2.13. The molecule has 0 saturated heterocycles. The van der Waals surface area contributed by atoms with Crippen molar-refractivity contribution in [2.45, 2.75) is 24.4 Å². The number of ether oxygens (including phenoxy) is 1. The van der Waals surface area contributed by atoms with Gasteiger partial charge in [-0.3, -0.25) is 0 Å². The van der Waals surface area contributed by atoms with Crippen molar-refractivity contribution >= 4 is 61.8 Å². The van der Waals surface area contributed by atoms with Gasteiger partial charge in [-0.1, -0.05) is 164 Å². The number of rotatable bonds is 4. The molecule has 0 aromatic heterocycles. The monoisotopic (exact) mass is 712 g/mol. The van der Waals surface area contributed by atoms with Gasteiger partial charge in [0, 0.05) is 16.5 Å². The maximum atomic E-state index is 10.1. The molecule has 0 spiro atoms. The Morgan fingerprint density at radius 1 is 0.537 bits per heavy atom. The first-order valence-electron chi connectivity index (χ1n) is 18.8. The van der Waals surface area contributed by atoms with E-state index in [9.17, 15) is 4.89 Å². The molecular weight excluding hydrogens is 676 g/mol. The molecule has 9 aromatic carbocycles. The molecular formula is C51H37O2P. The van der Waals surface area contributed by atoms with Gasteiger partial charge in [-0.2, -0.15) is 0 Å². The molecule has 1 heterocycles. The standard InChI is InChI=1S/C39H26O.C12H11OP/c1-23-19-27-22-38(27,40-23)39(34-17-4-2-12-28(34)29-13-3-5-18-35(29)39)26-20-25-11-8-15-31-30-14-6-9-24-10-7-16-32(36(24)30)33(21-26)37(25)31;13-14(11-7-3-1-4-8-11)12-9-5-2-6-10-12/h2-21,27H,22H2,1H3;1-10,13H. The van der Waals surface area contributed by atoms with Gasteiger partial charge in [0.1, 0.15) is 5.60 Å². The fourth-order valence-electron chi connectivity index (χ4n) is 10.1. The van der Waals surface area contributed by atoms with Crippen molar-refractivity contribution in [2.75, 3.05) is 0 Å². The van der Waals surface area contributed by atoms with Crippen molar-refractivity contribution in [1.29, 1.82) is 0 Å². The van der Waals surface area contributed by atoms with Crippen LogP contribution in [0.1, 0.15) is 30.0 Å². The average molecular weight is 713 g/mol. The number of fused-ring (bicyclic) bond motifs is 6. The first kappa shape index (κ1) is 31.7. The van der Waals surface area contributed by atoms with Gasteiger partial charge in [0.05, 0.1) is 19.3 Å². The van der Waals surface area contributed by atoms with Gasteiger partial charge < -0.3 is 9.63 Å². The molecule has 3 aliphatic rings. The van der Waals surface area contributed by atoms with Gasteiger partial charge in [0.2, 0.25) is 0 Å². The van der Waals surface area contributed by atoms with Crippen molar-refractivity contribution in [3.63, 3.8) is 0 Å². The topological polar surface area (TPSA) is 29.5 Å². The van der Waals surface area contributed by atoms with Gasteiger partial charge in [-0.25, -0.2) is 0 Å². The third-order valence-electron chi connectivity index (χ3n) is 12.2. The van der Waals surface area contributed by atoms with Crippen molar-refractivity contribution < 1.29 is 9.63 Å². The highest BCUT2D eigenvalue weighted by molar-refractivity contribution is 7.67. The first-order chi connectivity index (χ1) is 26.6. The highest BCUT2D eigenvalue weighted by atomic mass is 31.1. The fraction of sp³-hybridized carbons (Fsp3) is 0.0980. The zero-order valence-electron chi connectivity index (χ0n) is 29.9. The number of allylic oxidation sites excluding steroid dienone is 1. The van der Waals surface area contributed by atoms with Gasteiger partial charge in [0.25, 0.3) is 0 Å². The molecule has 9 aromatic rings. The Kier molecular flexibility index (Phi) is 6.96. The zero-order valence-corrected chi connectivity index (χ0v) is 30.8. The summed E-state index contributed by atoms with van der Waals surface area (Å²) in [5.74, 6) is 1.47. The third-order valence-corrected chi connectivity index (χ3v) is 13.8. The Morgan fingerprint density at radius 2 is 1.04 bits per heavy atom. The van der Waals surface area contributed by atoms with Crippen LogP contribution in [0, 0.1) is 5.92 Å². The summed E-state index contributed by atoms with van der Waals surface area (Å²) in [7, 11) is -1.17. The van der Waals surface area contributed by atoms with Crippen LogP contribution >= 0.6 is 8.15 Å². The molecule has 258 valence electrons. The van der Waals surface area contributed by atoms with E-state index in [4.69, 9.17) is 4.74 Å².